The molecule has 3 heteroatoms. The second-order valence-corrected chi connectivity index (χ2v) is 5.48. The Morgan fingerprint density at radius 2 is 2.31 bits per heavy atom. The number of fused-ring (bicyclic) bond motifs is 1. The molecule has 1 aromatic carbocycles. The van der Waals surface area contributed by atoms with Crippen molar-refractivity contribution in [1.29, 1.82) is 0 Å². The SMILES string of the molecule is COCC(Br)CCC1Cc2ccccc2O1. The smallest absolute Gasteiger partial charge is 0.123 e. The average molecular weight is 285 g/mol. The number of hydrogen-bond acceptors (Lipinski definition) is 2. The van der Waals surface area contributed by atoms with Crippen LogP contribution in [0.2, 0.25) is 0 Å². The lowest BCUT2D eigenvalue weighted by atomic mass is 10.1. The molecule has 2 atom stereocenters. The molecule has 0 radical (unpaired) electrons. The third-order valence-corrected chi connectivity index (χ3v) is 3.59. The molecule has 88 valence electrons. The zero-order valence-electron chi connectivity index (χ0n) is 9.49. The van der Waals surface area contributed by atoms with Crippen molar-refractivity contribution in [3.05, 3.63) is 29.8 Å². The van der Waals surface area contributed by atoms with Gasteiger partial charge in [0.15, 0.2) is 0 Å². The minimum Gasteiger partial charge on any atom is -0.490 e. The highest BCUT2D eigenvalue weighted by molar-refractivity contribution is 9.09. The van der Waals surface area contributed by atoms with Crippen LogP contribution in [0.15, 0.2) is 24.3 Å². The number of benzene rings is 1. The quantitative estimate of drug-likeness (QED) is 0.774. The number of para-hydroxylation sites is 1. The summed E-state index contributed by atoms with van der Waals surface area (Å²) in [4.78, 5) is 0.435. The van der Waals surface area contributed by atoms with Gasteiger partial charge in [-0.05, 0) is 24.5 Å². The maximum Gasteiger partial charge on any atom is 0.123 e. The predicted octanol–water partition coefficient (Wildman–Crippen LogP) is 3.18. The van der Waals surface area contributed by atoms with Crippen LogP contribution in [0.3, 0.4) is 0 Å². The molecule has 0 aliphatic carbocycles. The summed E-state index contributed by atoms with van der Waals surface area (Å²) in [7, 11) is 1.73. The molecule has 16 heavy (non-hydrogen) atoms. The van der Waals surface area contributed by atoms with Crippen LogP contribution in [0.4, 0.5) is 0 Å². The molecule has 0 saturated heterocycles. The maximum absolute atomic E-state index is 5.87. The van der Waals surface area contributed by atoms with Gasteiger partial charge in [0.2, 0.25) is 0 Å². The Morgan fingerprint density at radius 1 is 1.50 bits per heavy atom. The second kappa shape index (κ2) is 5.69. The molecule has 2 nitrogen and oxygen atoms in total. The zero-order chi connectivity index (χ0) is 11.4. The van der Waals surface area contributed by atoms with Crippen molar-refractivity contribution in [3.8, 4) is 5.75 Å². The van der Waals surface area contributed by atoms with Crippen LogP contribution in [0, 0.1) is 0 Å². The number of halogens is 1. The summed E-state index contributed by atoms with van der Waals surface area (Å²) in [5.74, 6) is 1.06. The van der Waals surface area contributed by atoms with Gasteiger partial charge in [0.05, 0.1) is 6.61 Å². The first-order valence-electron chi connectivity index (χ1n) is 5.67. The van der Waals surface area contributed by atoms with Gasteiger partial charge in [-0.2, -0.15) is 0 Å². The van der Waals surface area contributed by atoms with Crippen molar-refractivity contribution in [2.75, 3.05) is 13.7 Å². The molecule has 0 bridgehead atoms. The van der Waals surface area contributed by atoms with Crippen LogP contribution < -0.4 is 4.74 Å². The fraction of sp³-hybridized carbons (Fsp3) is 0.538. The summed E-state index contributed by atoms with van der Waals surface area (Å²) in [6.07, 6.45) is 3.55. The van der Waals surface area contributed by atoms with Crippen molar-refractivity contribution in [2.45, 2.75) is 30.2 Å². The Kier molecular flexibility index (Phi) is 4.24. The van der Waals surface area contributed by atoms with E-state index in [2.05, 4.69) is 34.1 Å². The summed E-state index contributed by atoms with van der Waals surface area (Å²) in [6, 6.07) is 8.30. The number of hydrogen-bond donors (Lipinski definition) is 0. The Morgan fingerprint density at radius 3 is 3.06 bits per heavy atom. The summed E-state index contributed by atoms with van der Waals surface area (Å²) >= 11 is 3.60. The Balaban J connectivity index is 1.79. The van der Waals surface area contributed by atoms with Crippen molar-refractivity contribution >= 4 is 15.9 Å². The van der Waals surface area contributed by atoms with Crippen LogP contribution in [0.5, 0.6) is 5.75 Å². The van der Waals surface area contributed by atoms with Gasteiger partial charge in [0, 0.05) is 18.4 Å². The molecule has 2 unspecified atom stereocenters. The molecule has 0 saturated carbocycles. The molecule has 0 N–H and O–H groups in total. The fourth-order valence-electron chi connectivity index (χ4n) is 2.05. The predicted molar refractivity (Wildman–Crippen MR) is 68.4 cm³/mol. The lowest BCUT2D eigenvalue weighted by Crippen LogP contribution is -2.16. The largest absolute Gasteiger partial charge is 0.490 e. The van der Waals surface area contributed by atoms with Crippen LogP contribution in [0.1, 0.15) is 18.4 Å². The third-order valence-electron chi connectivity index (χ3n) is 2.86. The Bertz CT molecular complexity index is 315. The first kappa shape index (κ1) is 11.9. The lowest BCUT2D eigenvalue weighted by molar-refractivity contribution is 0.183. The van der Waals surface area contributed by atoms with Gasteiger partial charge in [-0.25, -0.2) is 0 Å². The average Bonchev–Trinajstić information content (AvgIpc) is 2.69. The van der Waals surface area contributed by atoms with Crippen molar-refractivity contribution in [1.82, 2.24) is 0 Å². The molecule has 1 heterocycles. The van der Waals surface area contributed by atoms with E-state index in [1.165, 1.54) is 5.56 Å². The topological polar surface area (TPSA) is 18.5 Å². The van der Waals surface area contributed by atoms with Gasteiger partial charge >= 0.3 is 0 Å². The molecule has 1 aliphatic heterocycles. The Labute approximate surface area is 105 Å². The van der Waals surface area contributed by atoms with E-state index in [0.29, 0.717) is 10.9 Å². The van der Waals surface area contributed by atoms with E-state index in [-0.39, 0.29) is 0 Å². The molecule has 2 rings (SSSR count). The summed E-state index contributed by atoms with van der Waals surface area (Å²) in [6.45, 7) is 0.764. The Hall–Kier alpha value is -0.540. The number of alkyl halides is 1. The van der Waals surface area contributed by atoms with E-state index in [1.54, 1.807) is 7.11 Å². The summed E-state index contributed by atoms with van der Waals surface area (Å²) < 4.78 is 11.0. The van der Waals surface area contributed by atoms with Crippen LogP contribution in [-0.2, 0) is 11.2 Å². The summed E-state index contributed by atoms with van der Waals surface area (Å²) in [5, 5.41) is 0. The van der Waals surface area contributed by atoms with E-state index in [1.807, 2.05) is 6.07 Å². The van der Waals surface area contributed by atoms with E-state index in [9.17, 15) is 0 Å². The molecular formula is C13H17BrO2. The molecular weight excluding hydrogens is 268 g/mol. The van der Waals surface area contributed by atoms with Gasteiger partial charge in [0.25, 0.3) is 0 Å². The van der Waals surface area contributed by atoms with E-state index in [4.69, 9.17) is 9.47 Å². The van der Waals surface area contributed by atoms with Gasteiger partial charge in [-0.3, -0.25) is 0 Å². The van der Waals surface area contributed by atoms with Gasteiger partial charge in [-0.15, -0.1) is 0 Å². The highest BCUT2D eigenvalue weighted by Crippen LogP contribution is 2.30. The lowest BCUT2D eigenvalue weighted by Gasteiger charge is -2.13. The zero-order valence-corrected chi connectivity index (χ0v) is 11.1. The van der Waals surface area contributed by atoms with Crippen molar-refractivity contribution in [2.24, 2.45) is 0 Å². The maximum atomic E-state index is 5.87. The second-order valence-electron chi connectivity index (χ2n) is 4.18. The molecule has 0 spiro atoms. The van der Waals surface area contributed by atoms with Crippen molar-refractivity contribution < 1.29 is 9.47 Å². The first-order valence-corrected chi connectivity index (χ1v) is 6.58. The number of methoxy groups -OCH3 is 1. The number of ether oxygens (including phenoxy) is 2. The van der Waals surface area contributed by atoms with E-state index >= 15 is 0 Å². The molecule has 0 fully saturated rings. The highest BCUT2D eigenvalue weighted by atomic mass is 79.9. The monoisotopic (exact) mass is 284 g/mol. The van der Waals surface area contributed by atoms with E-state index < -0.39 is 0 Å². The normalized spacial score (nSPS) is 20.2. The van der Waals surface area contributed by atoms with Gasteiger partial charge < -0.3 is 9.47 Å². The van der Waals surface area contributed by atoms with Crippen LogP contribution in [-0.4, -0.2) is 24.6 Å². The van der Waals surface area contributed by atoms with Crippen LogP contribution >= 0.6 is 15.9 Å². The minimum absolute atomic E-state index is 0.342. The third kappa shape index (κ3) is 2.98. The van der Waals surface area contributed by atoms with Gasteiger partial charge in [-0.1, -0.05) is 34.1 Å². The first-order chi connectivity index (χ1) is 7.79. The molecule has 0 amide bonds. The van der Waals surface area contributed by atoms with E-state index in [0.717, 1.165) is 31.6 Å². The molecule has 1 aromatic rings. The summed E-state index contributed by atoms with van der Waals surface area (Å²) in [5.41, 5.74) is 1.34. The molecule has 1 aliphatic rings. The molecule has 0 aromatic heterocycles. The standard InChI is InChI=1S/C13H17BrO2/c1-15-9-11(14)6-7-12-8-10-4-2-3-5-13(10)16-12/h2-5,11-12H,6-9H2,1H3. The fourth-order valence-corrected chi connectivity index (χ4v) is 2.57. The minimum atomic E-state index is 0.342. The van der Waals surface area contributed by atoms with Gasteiger partial charge in [0.1, 0.15) is 11.9 Å². The van der Waals surface area contributed by atoms with Crippen LogP contribution in [0.25, 0.3) is 0 Å². The van der Waals surface area contributed by atoms with Crippen molar-refractivity contribution in [3.63, 3.8) is 0 Å². The highest BCUT2D eigenvalue weighted by Gasteiger charge is 2.22. The number of rotatable bonds is 5.